The van der Waals surface area contributed by atoms with Gasteiger partial charge in [-0.3, -0.25) is 0 Å². The van der Waals surface area contributed by atoms with Gasteiger partial charge in [-0.25, -0.2) is 0 Å². The van der Waals surface area contributed by atoms with Crippen LogP contribution in [0.4, 0.5) is 0 Å². The van der Waals surface area contributed by atoms with E-state index in [0.717, 1.165) is 13.1 Å². The topological polar surface area (TPSA) is 27.8 Å². The van der Waals surface area contributed by atoms with Gasteiger partial charge in [-0.1, -0.05) is 11.6 Å². The number of hydrogen-bond acceptors (Lipinski definition) is 1. The molecule has 0 aromatic carbocycles. The van der Waals surface area contributed by atoms with E-state index in [0.29, 0.717) is 0 Å². The number of aromatic amines is 1. The minimum Gasteiger partial charge on any atom is -0.364 e. The van der Waals surface area contributed by atoms with Crippen molar-refractivity contribution in [3.8, 4) is 0 Å². The average Bonchev–Trinajstić information content (AvgIpc) is 2.49. The zero-order chi connectivity index (χ0) is 8.81. The Kier molecular flexibility index (Phi) is 3.61. The molecular weight excluding hydrogens is 148 g/mol. The van der Waals surface area contributed by atoms with E-state index in [9.17, 15) is 0 Å². The van der Waals surface area contributed by atoms with Gasteiger partial charge in [0.2, 0.25) is 0 Å². The standard InChI is InChI=1S/C10H16N2/c1-9(2)5-7-11-8-10-4-3-6-12-10/h3-6,11-12H,7-8H2,1-2H3. The maximum Gasteiger partial charge on any atom is 0.0359 e. The molecule has 12 heavy (non-hydrogen) atoms. The molecule has 0 amide bonds. The Morgan fingerprint density at radius 1 is 1.58 bits per heavy atom. The lowest BCUT2D eigenvalue weighted by molar-refractivity contribution is 0.742. The van der Waals surface area contributed by atoms with Crippen molar-refractivity contribution in [3.05, 3.63) is 35.7 Å². The van der Waals surface area contributed by atoms with Gasteiger partial charge in [-0.05, 0) is 26.0 Å². The van der Waals surface area contributed by atoms with Crippen LogP contribution in [0.1, 0.15) is 19.5 Å². The Balaban J connectivity index is 2.16. The van der Waals surface area contributed by atoms with Gasteiger partial charge in [0.1, 0.15) is 0 Å². The highest BCUT2D eigenvalue weighted by Gasteiger charge is 1.88. The number of nitrogens with one attached hydrogen (secondary N) is 2. The molecule has 1 heterocycles. The smallest absolute Gasteiger partial charge is 0.0359 e. The predicted octanol–water partition coefficient (Wildman–Crippen LogP) is 2.07. The summed E-state index contributed by atoms with van der Waals surface area (Å²) in [5.41, 5.74) is 2.59. The van der Waals surface area contributed by atoms with Crippen LogP contribution < -0.4 is 5.32 Å². The second-order valence-corrected chi connectivity index (χ2v) is 3.11. The fourth-order valence-corrected chi connectivity index (χ4v) is 0.961. The maximum absolute atomic E-state index is 3.31. The van der Waals surface area contributed by atoms with Gasteiger partial charge in [0.25, 0.3) is 0 Å². The zero-order valence-electron chi connectivity index (χ0n) is 7.72. The molecule has 66 valence electrons. The van der Waals surface area contributed by atoms with Crippen molar-refractivity contribution in [1.29, 1.82) is 0 Å². The van der Waals surface area contributed by atoms with E-state index < -0.39 is 0 Å². The summed E-state index contributed by atoms with van der Waals surface area (Å²) in [5, 5.41) is 3.31. The summed E-state index contributed by atoms with van der Waals surface area (Å²) in [6.45, 7) is 6.07. The van der Waals surface area contributed by atoms with E-state index in [1.165, 1.54) is 11.3 Å². The summed E-state index contributed by atoms with van der Waals surface area (Å²) in [4.78, 5) is 3.14. The van der Waals surface area contributed by atoms with Crippen molar-refractivity contribution in [2.24, 2.45) is 0 Å². The Morgan fingerprint density at radius 3 is 3.00 bits per heavy atom. The second-order valence-electron chi connectivity index (χ2n) is 3.11. The summed E-state index contributed by atoms with van der Waals surface area (Å²) < 4.78 is 0. The van der Waals surface area contributed by atoms with Crippen LogP contribution in [-0.4, -0.2) is 11.5 Å². The van der Waals surface area contributed by atoms with Gasteiger partial charge >= 0.3 is 0 Å². The van der Waals surface area contributed by atoms with Crippen molar-refractivity contribution in [3.63, 3.8) is 0 Å². The molecule has 0 saturated carbocycles. The first-order chi connectivity index (χ1) is 5.79. The Labute approximate surface area is 73.7 Å². The highest BCUT2D eigenvalue weighted by atomic mass is 14.9. The molecule has 0 atom stereocenters. The summed E-state index contributed by atoms with van der Waals surface area (Å²) in [6, 6.07) is 4.09. The van der Waals surface area contributed by atoms with E-state index in [4.69, 9.17) is 0 Å². The predicted molar refractivity (Wildman–Crippen MR) is 51.9 cm³/mol. The lowest BCUT2D eigenvalue weighted by Crippen LogP contribution is -2.13. The maximum atomic E-state index is 3.31. The van der Waals surface area contributed by atoms with Crippen molar-refractivity contribution < 1.29 is 0 Å². The third-order valence-corrected chi connectivity index (χ3v) is 1.63. The summed E-state index contributed by atoms with van der Waals surface area (Å²) >= 11 is 0. The number of H-pyrrole nitrogens is 1. The summed E-state index contributed by atoms with van der Waals surface area (Å²) in [5.74, 6) is 0. The first-order valence-corrected chi connectivity index (χ1v) is 4.25. The molecular formula is C10H16N2. The summed E-state index contributed by atoms with van der Waals surface area (Å²) in [6.07, 6.45) is 4.13. The van der Waals surface area contributed by atoms with E-state index in [1.807, 2.05) is 12.3 Å². The molecule has 2 heteroatoms. The number of hydrogen-bond donors (Lipinski definition) is 2. The molecule has 1 aromatic heterocycles. The van der Waals surface area contributed by atoms with E-state index in [1.54, 1.807) is 0 Å². The largest absolute Gasteiger partial charge is 0.364 e. The highest BCUT2D eigenvalue weighted by Crippen LogP contribution is 1.92. The normalized spacial score (nSPS) is 9.83. The third-order valence-electron chi connectivity index (χ3n) is 1.63. The van der Waals surface area contributed by atoms with Gasteiger partial charge in [-0.2, -0.15) is 0 Å². The fourth-order valence-electron chi connectivity index (χ4n) is 0.961. The molecule has 0 fully saturated rings. The fraction of sp³-hybridized carbons (Fsp3) is 0.400. The molecule has 1 aromatic rings. The second kappa shape index (κ2) is 4.78. The number of rotatable bonds is 4. The van der Waals surface area contributed by atoms with Crippen LogP contribution >= 0.6 is 0 Å². The van der Waals surface area contributed by atoms with E-state index in [2.05, 4.69) is 36.3 Å². The van der Waals surface area contributed by atoms with Gasteiger partial charge in [0.15, 0.2) is 0 Å². The lowest BCUT2D eigenvalue weighted by Gasteiger charge is -1.98. The number of allylic oxidation sites excluding steroid dienone is 1. The van der Waals surface area contributed by atoms with Crippen molar-refractivity contribution in [2.45, 2.75) is 20.4 Å². The van der Waals surface area contributed by atoms with Crippen molar-refractivity contribution in [1.82, 2.24) is 10.3 Å². The van der Waals surface area contributed by atoms with E-state index >= 15 is 0 Å². The molecule has 0 aliphatic heterocycles. The van der Waals surface area contributed by atoms with Crippen molar-refractivity contribution in [2.75, 3.05) is 6.54 Å². The van der Waals surface area contributed by atoms with Crippen LogP contribution in [0, 0.1) is 0 Å². The van der Waals surface area contributed by atoms with Gasteiger partial charge < -0.3 is 10.3 Å². The Bertz CT molecular complexity index is 230. The quantitative estimate of drug-likeness (QED) is 0.517. The molecule has 2 nitrogen and oxygen atoms in total. The minimum atomic E-state index is 0.913. The first-order valence-electron chi connectivity index (χ1n) is 4.25. The van der Waals surface area contributed by atoms with Gasteiger partial charge in [0.05, 0.1) is 0 Å². The molecule has 0 aliphatic rings. The van der Waals surface area contributed by atoms with Crippen LogP contribution in [0.2, 0.25) is 0 Å². The Morgan fingerprint density at radius 2 is 2.42 bits per heavy atom. The van der Waals surface area contributed by atoms with Crippen LogP contribution in [-0.2, 0) is 6.54 Å². The van der Waals surface area contributed by atoms with Gasteiger partial charge in [-0.15, -0.1) is 0 Å². The van der Waals surface area contributed by atoms with Crippen LogP contribution in [0.15, 0.2) is 30.0 Å². The summed E-state index contributed by atoms with van der Waals surface area (Å²) in [7, 11) is 0. The monoisotopic (exact) mass is 164 g/mol. The lowest BCUT2D eigenvalue weighted by atomic mass is 10.3. The third kappa shape index (κ3) is 3.39. The molecule has 0 aliphatic carbocycles. The highest BCUT2D eigenvalue weighted by molar-refractivity contribution is 5.03. The van der Waals surface area contributed by atoms with Gasteiger partial charge in [0, 0.05) is 25.0 Å². The van der Waals surface area contributed by atoms with Crippen LogP contribution in [0.5, 0.6) is 0 Å². The molecule has 0 saturated heterocycles. The zero-order valence-corrected chi connectivity index (χ0v) is 7.72. The van der Waals surface area contributed by atoms with Crippen LogP contribution in [0.3, 0.4) is 0 Å². The van der Waals surface area contributed by atoms with Crippen LogP contribution in [0.25, 0.3) is 0 Å². The van der Waals surface area contributed by atoms with Crippen molar-refractivity contribution >= 4 is 0 Å². The molecule has 0 radical (unpaired) electrons. The first kappa shape index (κ1) is 9.07. The molecule has 0 bridgehead atoms. The number of aromatic nitrogens is 1. The average molecular weight is 164 g/mol. The Hall–Kier alpha value is -1.02. The SMILES string of the molecule is CC(C)=CCNCc1ccc[nH]1. The molecule has 0 spiro atoms. The molecule has 1 rings (SSSR count). The molecule has 2 N–H and O–H groups in total. The minimum absolute atomic E-state index is 0.913. The van der Waals surface area contributed by atoms with E-state index in [-0.39, 0.29) is 0 Å². The molecule has 0 unspecified atom stereocenters.